The molecule has 0 aromatic heterocycles. The van der Waals surface area contributed by atoms with Crippen molar-refractivity contribution in [3.8, 4) is 0 Å². The van der Waals surface area contributed by atoms with Gasteiger partial charge in [0.05, 0.1) is 6.54 Å². The van der Waals surface area contributed by atoms with Crippen molar-refractivity contribution in [3.63, 3.8) is 0 Å². The van der Waals surface area contributed by atoms with E-state index in [0.717, 1.165) is 43.7 Å². The summed E-state index contributed by atoms with van der Waals surface area (Å²) in [5.74, 6) is 0.144. The second kappa shape index (κ2) is 9.33. The van der Waals surface area contributed by atoms with Gasteiger partial charge in [0.2, 0.25) is 5.91 Å². The highest BCUT2D eigenvalue weighted by molar-refractivity contribution is 5.97. The van der Waals surface area contributed by atoms with Gasteiger partial charge < -0.3 is 10.2 Å². The van der Waals surface area contributed by atoms with Crippen LogP contribution in [0.3, 0.4) is 0 Å². The third kappa shape index (κ3) is 5.66. The Labute approximate surface area is 161 Å². The Morgan fingerprint density at radius 3 is 2.22 bits per heavy atom. The smallest absolute Gasteiger partial charge is 0.216 e. The molecule has 142 valence electrons. The number of Topliss-reactive ketones (excluding diaryl/α,β-unsaturated/α-hetero) is 1. The van der Waals surface area contributed by atoms with Gasteiger partial charge in [0.15, 0.2) is 5.78 Å². The zero-order valence-electron chi connectivity index (χ0n) is 15.9. The summed E-state index contributed by atoms with van der Waals surface area (Å²) < 4.78 is 0. The average molecular weight is 365 g/mol. The first-order valence-corrected chi connectivity index (χ1v) is 9.51. The molecule has 1 fully saturated rings. The van der Waals surface area contributed by atoms with Gasteiger partial charge in [-0.2, -0.15) is 0 Å². The molecule has 1 heterocycles. The van der Waals surface area contributed by atoms with E-state index in [9.17, 15) is 9.59 Å². The van der Waals surface area contributed by atoms with Crippen molar-refractivity contribution >= 4 is 17.4 Å². The number of rotatable bonds is 7. The van der Waals surface area contributed by atoms with E-state index in [1.807, 2.05) is 30.3 Å². The highest BCUT2D eigenvalue weighted by atomic mass is 16.1. The summed E-state index contributed by atoms with van der Waals surface area (Å²) in [6.45, 7) is 6.28. The number of nitrogens with one attached hydrogen (secondary N) is 1. The predicted octanol–water partition coefficient (Wildman–Crippen LogP) is 2.37. The van der Waals surface area contributed by atoms with Crippen molar-refractivity contribution in [1.29, 1.82) is 0 Å². The average Bonchev–Trinajstić information content (AvgIpc) is 2.69. The molecule has 2 aromatic rings. The van der Waals surface area contributed by atoms with Crippen LogP contribution in [0.4, 0.5) is 5.69 Å². The molecule has 5 nitrogen and oxygen atoms in total. The van der Waals surface area contributed by atoms with E-state index in [1.54, 1.807) is 0 Å². The lowest BCUT2D eigenvalue weighted by Crippen LogP contribution is -2.48. The Morgan fingerprint density at radius 1 is 0.926 bits per heavy atom. The van der Waals surface area contributed by atoms with Gasteiger partial charge in [-0.25, -0.2) is 0 Å². The molecule has 0 atom stereocenters. The van der Waals surface area contributed by atoms with E-state index in [2.05, 4.69) is 39.4 Å². The second-order valence-corrected chi connectivity index (χ2v) is 6.95. The van der Waals surface area contributed by atoms with E-state index in [4.69, 9.17) is 0 Å². The second-order valence-electron chi connectivity index (χ2n) is 6.95. The third-order valence-corrected chi connectivity index (χ3v) is 4.92. The van der Waals surface area contributed by atoms with Gasteiger partial charge in [-0.3, -0.25) is 14.5 Å². The number of anilines is 1. The topological polar surface area (TPSA) is 52.7 Å². The van der Waals surface area contributed by atoms with E-state index in [1.165, 1.54) is 12.6 Å². The molecule has 1 amide bonds. The van der Waals surface area contributed by atoms with Crippen LogP contribution in [-0.2, 0) is 11.2 Å². The maximum Gasteiger partial charge on any atom is 0.216 e. The summed E-state index contributed by atoms with van der Waals surface area (Å²) in [5.41, 5.74) is 3.12. The Kier molecular flexibility index (Phi) is 6.60. The van der Waals surface area contributed by atoms with Gasteiger partial charge in [-0.05, 0) is 24.1 Å². The van der Waals surface area contributed by atoms with Gasteiger partial charge in [-0.1, -0.05) is 42.5 Å². The van der Waals surface area contributed by atoms with Crippen LogP contribution < -0.4 is 10.2 Å². The van der Waals surface area contributed by atoms with Crippen LogP contribution >= 0.6 is 0 Å². The number of carbonyl (C=O) groups excluding carboxylic acids is 2. The number of hydrogen-bond acceptors (Lipinski definition) is 4. The largest absolute Gasteiger partial charge is 0.369 e. The van der Waals surface area contributed by atoms with Crippen molar-refractivity contribution < 1.29 is 9.59 Å². The highest BCUT2D eigenvalue weighted by Crippen LogP contribution is 2.16. The fourth-order valence-corrected chi connectivity index (χ4v) is 3.34. The Morgan fingerprint density at radius 2 is 1.59 bits per heavy atom. The van der Waals surface area contributed by atoms with Crippen LogP contribution in [0, 0.1) is 0 Å². The molecule has 27 heavy (non-hydrogen) atoms. The quantitative estimate of drug-likeness (QED) is 0.766. The van der Waals surface area contributed by atoms with E-state index < -0.39 is 0 Å². The van der Waals surface area contributed by atoms with E-state index in [0.29, 0.717) is 13.1 Å². The molecule has 1 aliphatic rings. The number of ketones is 1. The van der Waals surface area contributed by atoms with Crippen molar-refractivity contribution in [2.45, 2.75) is 13.3 Å². The van der Waals surface area contributed by atoms with E-state index >= 15 is 0 Å². The van der Waals surface area contributed by atoms with Crippen LogP contribution in [0.25, 0.3) is 0 Å². The van der Waals surface area contributed by atoms with Gasteiger partial charge >= 0.3 is 0 Å². The Hall–Kier alpha value is -2.66. The summed E-state index contributed by atoms with van der Waals surface area (Å²) in [6.07, 6.45) is 0.773. The number of carbonyl (C=O) groups is 2. The monoisotopic (exact) mass is 365 g/mol. The molecule has 0 saturated carbocycles. The summed E-state index contributed by atoms with van der Waals surface area (Å²) in [7, 11) is 0. The van der Waals surface area contributed by atoms with Gasteiger partial charge in [0.25, 0.3) is 0 Å². The van der Waals surface area contributed by atoms with Crippen LogP contribution in [0.1, 0.15) is 22.8 Å². The van der Waals surface area contributed by atoms with Crippen LogP contribution in [0.5, 0.6) is 0 Å². The minimum absolute atomic E-state index is 0.0193. The fourth-order valence-electron chi connectivity index (χ4n) is 3.34. The molecular weight excluding hydrogens is 338 g/mol. The number of nitrogens with zero attached hydrogens (tertiary/aromatic N) is 2. The summed E-state index contributed by atoms with van der Waals surface area (Å²) in [4.78, 5) is 28.1. The van der Waals surface area contributed by atoms with Crippen molar-refractivity contribution in [2.75, 3.05) is 44.2 Å². The lowest BCUT2D eigenvalue weighted by Gasteiger charge is -2.35. The third-order valence-electron chi connectivity index (χ3n) is 4.92. The first-order chi connectivity index (χ1) is 13.1. The van der Waals surface area contributed by atoms with Gasteiger partial charge in [0.1, 0.15) is 0 Å². The summed E-state index contributed by atoms with van der Waals surface area (Å²) in [6, 6.07) is 18.2. The van der Waals surface area contributed by atoms with Crippen LogP contribution in [0.2, 0.25) is 0 Å². The standard InChI is InChI=1S/C22H27N3O2/c1-18(26)23-12-11-19-7-9-20(10-8-19)22(27)17-24-13-15-25(16-14-24)21-5-3-2-4-6-21/h2-10H,11-17H2,1H3,(H,23,26). The predicted molar refractivity (Wildman–Crippen MR) is 108 cm³/mol. The SMILES string of the molecule is CC(=O)NCCc1ccc(C(=O)CN2CCN(c3ccccc3)CC2)cc1. The van der Waals surface area contributed by atoms with Crippen molar-refractivity contribution in [3.05, 3.63) is 65.7 Å². The van der Waals surface area contributed by atoms with Crippen molar-refractivity contribution in [2.24, 2.45) is 0 Å². The zero-order valence-corrected chi connectivity index (χ0v) is 15.9. The van der Waals surface area contributed by atoms with Gasteiger partial charge in [-0.15, -0.1) is 0 Å². The normalized spacial score (nSPS) is 14.8. The molecule has 1 aliphatic heterocycles. The van der Waals surface area contributed by atoms with Gasteiger partial charge in [0, 0.05) is 50.9 Å². The number of para-hydroxylation sites is 1. The molecule has 5 heteroatoms. The number of piperazine rings is 1. The first-order valence-electron chi connectivity index (χ1n) is 9.51. The summed E-state index contributed by atoms with van der Waals surface area (Å²) >= 11 is 0. The first kappa shape index (κ1) is 19.1. The number of amides is 1. The molecule has 3 rings (SSSR count). The Bertz CT molecular complexity index is 751. The molecular formula is C22H27N3O2. The summed E-state index contributed by atoms with van der Waals surface area (Å²) in [5, 5.41) is 2.78. The Balaban J connectivity index is 1.46. The molecule has 1 saturated heterocycles. The molecule has 0 unspecified atom stereocenters. The molecule has 0 aliphatic carbocycles. The lowest BCUT2D eigenvalue weighted by atomic mass is 10.1. The highest BCUT2D eigenvalue weighted by Gasteiger charge is 2.19. The molecule has 0 spiro atoms. The minimum Gasteiger partial charge on any atom is -0.369 e. The molecule has 2 aromatic carbocycles. The molecule has 0 bridgehead atoms. The number of benzene rings is 2. The fraction of sp³-hybridized carbons (Fsp3) is 0.364. The minimum atomic E-state index is -0.0193. The maximum absolute atomic E-state index is 12.6. The van der Waals surface area contributed by atoms with Crippen LogP contribution in [0.15, 0.2) is 54.6 Å². The molecule has 1 N–H and O–H groups in total. The maximum atomic E-state index is 12.6. The van der Waals surface area contributed by atoms with E-state index in [-0.39, 0.29) is 11.7 Å². The zero-order chi connectivity index (χ0) is 19.1. The van der Waals surface area contributed by atoms with Crippen LogP contribution in [-0.4, -0.2) is 55.9 Å². The number of hydrogen-bond donors (Lipinski definition) is 1. The molecule has 0 radical (unpaired) electrons. The van der Waals surface area contributed by atoms with Crippen molar-refractivity contribution in [1.82, 2.24) is 10.2 Å². The lowest BCUT2D eigenvalue weighted by molar-refractivity contribution is -0.118.